The number of carbonyl (C=O) groups excluding carboxylic acids is 1. The molecule has 1 rings (SSSR count). The summed E-state index contributed by atoms with van der Waals surface area (Å²) in [7, 11) is 0. The van der Waals surface area contributed by atoms with Gasteiger partial charge in [0.05, 0.1) is 0 Å². The molecule has 18 heavy (non-hydrogen) atoms. The number of hydrogen-bond acceptors (Lipinski definition) is 3. The van der Waals surface area contributed by atoms with Crippen molar-refractivity contribution in [2.45, 2.75) is 51.5 Å². The van der Waals surface area contributed by atoms with Crippen LogP contribution in [-0.2, 0) is 14.3 Å². The zero-order valence-corrected chi connectivity index (χ0v) is 11.0. The molecule has 0 saturated heterocycles. The summed E-state index contributed by atoms with van der Waals surface area (Å²) in [4.78, 5) is 22.5. The summed E-state index contributed by atoms with van der Waals surface area (Å²) in [6, 6.07) is -0.760. The predicted molar refractivity (Wildman–Crippen MR) is 67.3 cm³/mol. The minimum atomic E-state index is -0.957. The maximum atomic E-state index is 11.5. The Balaban J connectivity index is 2.13. The third-order valence-corrected chi connectivity index (χ3v) is 3.02. The molecule has 1 unspecified atom stereocenters. The van der Waals surface area contributed by atoms with Crippen LogP contribution in [0.25, 0.3) is 0 Å². The van der Waals surface area contributed by atoms with E-state index in [1.807, 2.05) is 0 Å². The highest BCUT2D eigenvalue weighted by atomic mass is 16.5. The topological polar surface area (TPSA) is 75.6 Å². The third kappa shape index (κ3) is 6.59. The predicted octanol–water partition coefficient (Wildman–Crippen LogP) is 1.56. The fourth-order valence-electron chi connectivity index (χ4n) is 1.76. The van der Waals surface area contributed by atoms with E-state index < -0.39 is 12.0 Å². The van der Waals surface area contributed by atoms with E-state index in [1.54, 1.807) is 0 Å². The van der Waals surface area contributed by atoms with Gasteiger partial charge < -0.3 is 15.2 Å². The lowest BCUT2D eigenvalue weighted by molar-refractivity contribution is -0.142. The van der Waals surface area contributed by atoms with Crippen molar-refractivity contribution in [2.75, 3.05) is 13.2 Å². The molecule has 0 aromatic heterocycles. The van der Waals surface area contributed by atoms with E-state index in [0.29, 0.717) is 18.9 Å². The first-order valence-electron chi connectivity index (χ1n) is 6.73. The van der Waals surface area contributed by atoms with Gasteiger partial charge in [-0.05, 0) is 18.8 Å². The van der Waals surface area contributed by atoms with E-state index in [0.717, 1.165) is 32.1 Å². The van der Waals surface area contributed by atoms with Crippen LogP contribution in [-0.4, -0.2) is 36.2 Å². The van der Waals surface area contributed by atoms with Crippen molar-refractivity contribution in [2.24, 2.45) is 5.92 Å². The molecule has 0 spiro atoms. The summed E-state index contributed by atoms with van der Waals surface area (Å²) in [5.74, 6) is -0.822. The fraction of sp³-hybridized carbons (Fsp3) is 0.846. The molecule has 0 heterocycles. The van der Waals surface area contributed by atoms with Crippen molar-refractivity contribution in [3.05, 3.63) is 0 Å². The third-order valence-electron chi connectivity index (χ3n) is 3.02. The molecule has 5 heteroatoms. The second-order valence-electron chi connectivity index (χ2n) is 4.90. The molecule has 0 radical (unpaired) electrons. The van der Waals surface area contributed by atoms with E-state index in [-0.39, 0.29) is 12.5 Å². The zero-order chi connectivity index (χ0) is 13.4. The highest BCUT2D eigenvalue weighted by molar-refractivity contribution is 5.84. The Morgan fingerprint density at radius 3 is 2.67 bits per heavy atom. The first kappa shape index (κ1) is 15.0. The van der Waals surface area contributed by atoms with Gasteiger partial charge in [0.15, 0.2) is 0 Å². The number of carboxylic acids is 1. The second kappa shape index (κ2) is 8.08. The monoisotopic (exact) mass is 257 g/mol. The van der Waals surface area contributed by atoms with Gasteiger partial charge in [0.1, 0.15) is 12.6 Å². The number of carboxylic acid groups (broad SMARTS) is 1. The number of rotatable bonds is 10. The van der Waals surface area contributed by atoms with Gasteiger partial charge in [-0.25, -0.2) is 4.79 Å². The normalized spacial score (nSPS) is 16.3. The van der Waals surface area contributed by atoms with Crippen LogP contribution in [0.4, 0.5) is 0 Å². The van der Waals surface area contributed by atoms with E-state index in [9.17, 15) is 9.59 Å². The molecule has 1 amide bonds. The van der Waals surface area contributed by atoms with Crippen LogP contribution in [0.5, 0.6) is 0 Å². The van der Waals surface area contributed by atoms with Gasteiger partial charge in [0.25, 0.3) is 0 Å². The number of nitrogens with one attached hydrogen (secondary N) is 1. The van der Waals surface area contributed by atoms with Crippen molar-refractivity contribution in [3.63, 3.8) is 0 Å². The Hall–Kier alpha value is -1.10. The molecule has 1 aliphatic carbocycles. The van der Waals surface area contributed by atoms with Crippen molar-refractivity contribution in [1.29, 1.82) is 0 Å². The van der Waals surface area contributed by atoms with Crippen molar-refractivity contribution in [1.82, 2.24) is 5.32 Å². The van der Waals surface area contributed by atoms with Crippen LogP contribution in [0.1, 0.15) is 45.4 Å². The van der Waals surface area contributed by atoms with E-state index in [4.69, 9.17) is 9.84 Å². The largest absolute Gasteiger partial charge is 0.480 e. The molecule has 0 aromatic rings. The minimum absolute atomic E-state index is 0.0435. The lowest BCUT2D eigenvalue weighted by atomic mass is 10.1. The van der Waals surface area contributed by atoms with Gasteiger partial charge >= 0.3 is 5.97 Å². The Morgan fingerprint density at radius 2 is 2.11 bits per heavy atom. The molecule has 0 aliphatic heterocycles. The Morgan fingerprint density at radius 1 is 1.39 bits per heavy atom. The van der Waals surface area contributed by atoms with Crippen LogP contribution in [0, 0.1) is 5.92 Å². The van der Waals surface area contributed by atoms with Gasteiger partial charge in [-0.15, -0.1) is 0 Å². The highest BCUT2D eigenvalue weighted by Gasteiger charge is 2.30. The maximum absolute atomic E-state index is 11.5. The first-order chi connectivity index (χ1) is 8.63. The van der Waals surface area contributed by atoms with Crippen molar-refractivity contribution < 1.29 is 19.4 Å². The second-order valence-corrected chi connectivity index (χ2v) is 4.90. The summed E-state index contributed by atoms with van der Waals surface area (Å²) in [5, 5.41) is 11.5. The average molecular weight is 257 g/mol. The first-order valence-corrected chi connectivity index (χ1v) is 6.73. The van der Waals surface area contributed by atoms with Crippen molar-refractivity contribution in [3.8, 4) is 0 Å². The Bertz CT molecular complexity index is 276. The number of amides is 1. The van der Waals surface area contributed by atoms with Crippen LogP contribution in [0.2, 0.25) is 0 Å². The minimum Gasteiger partial charge on any atom is -0.480 e. The zero-order valence-electron chi connectivity index (χ0n) is 11.0. The number of carbonyl (C=O) groups is 2. The standard InChI is InChI=1S/C13H23NO4/c1-2-3-4-7-18-9-12(15)14-11(13(16)17)8-10-5-6-10/h10-11H,2-9H2,1H3,(H,14,15)(H,16,17). The van der Waals surface area contributed by atoms with Crippen LogP contribution in [0.15, 0.2) is 0 Å². The maximum Gasteiger partial charge on any atom is 0.326 e. The Labute approximate surface area is 108 Å². The number of unbranched alkanes of at least 4 members (excludes halogenated alkanes) is 2. The molecule has 104 valence electrons. The summed E-state index contributed by atoms with van der Waals surface area (Å²) in [5.41, 5.74) is 0. The van der Waals surface area contributed by atoms with Gasteiger partial charge in [-0.2, -0.15) is 0 Å². The lowest BCUT2D eigenvalue weighted by Crippen LogP contribution is -2.42. The highest BCUT2D eigenvalue weighted by Crippen LogP contribution is 2.33. The van der Waals surface area contributed by atoms with Gasteiger partial charge in [0, 0.05) is 6.61 Å². The average Bonchev–Trinajstić information content (AvgIpc) is 3.11. The fourth-order valence-corrected chi connectivity index (χ4v) is 1.76. The van der Waals surface area contributed by atoms with E-state index in [1.165, 1.54) is 0 Å². The number of hydrogen-bond donors (Lipinski definition) is 2. The quantitative estimate of drug-likeness (QED) is 0.582. The smallest absolute Gasteiger partial charge is 0.326 e. The van der Waals surface area contributed by atoms with Gasteiger partial charge in [-0.3, -0.25) is 4.79 Å². The van der Waals surface area contributed by atoms with Gasteiger partial charge in [0.2, 0.25) is 5.91 Å². The summed E-state index contributed by atoms with van der Waals surface area (Å²) in [6.07, 6.45) is 5.82. The Kier molecular flexibility index (Phi) is 6.72. The van der Waals surface area contributed by atoms with Crippen molar-refractivity contribution >= 4 is 11.9 Å². The molecule has 5 nitrogen and oxygen atoms in total. The molecule has 2 N–H and O–H groups in total. The molecule has 1 aliphatic rings. The molecule has 0 aromatic carbocycles. The number of ether oxygens (including phenoxy) is 1. The summed E-state index contributed by atoms with van der Waals surface area (Å²) >= 11 is 0. The van der Waals surface area contributed by atoms with Gasteiger partial charge in [-0.1, -0.05) is 32.6 Å². The van der Waals surface area contributed by atoms with E-state index in [2.05, 4.69) is 12.2 Å². The van der Waals surface area contributed by atoms with Crippen LogP contribution in [0.3, 0.4) is 0 Å². The molecule has 1 saturated carbocycles. The molecule has 0 bridgehead atoms. The number of aliphatic carboxylic acids is 1. The summed E-state index contributed by atoms with van der Waals surface area (Å²) < 4.78 is 5.19. The SMILES string of the molecule is CCCCCOCC(=O)NC(CC1CC1)C(=O)O. The molecule has 1 atom stereocenters. The lowest BCUT2D eigenvalue weighted by Gasteiger charge is -2.14. The molecule has 1 fully saturated rings. The molecular formula is C13H23NO4. The van der Waals surface area contributed by atoms with Crippen LogP contribution < -0.4 is 5.32 Å². The van der Waals surface area contributed by atoms with Crippen LogP contribution >= 0.6 is 0 Å². The molecular weight excluding hydrogens is 234 g/mol. The summed E-state index contributed by atoms with van der Waals surface area (Å²) in [6.45, 7) is 2.61. The van der Waals surface area contributed by atoms with E-state index >= 15 is 0 Å².